The van der Waals surface area contributed by atoms with Gasteiger partial charge in [0.05, 0.1) is 4.92 Å². The lowest BCUT2D eigenvalue weighted by Crippen LogP contribution is -2.11. The minimum atomic E-state index is -0.517. The van der Waals surface area contributed by atoms with Crippen LogP contribution in [0.2, 0.25) is 5.02 Å². The smallest absolute Gasteiger partial charge is 0.332 e. The number of halogens is 1. The largest absolute Gasteiger partial charge is 0.378 e. The fourth-order valence-corrected chi connectivity index (χ4v) is 2.96. The summed E-state index contributed by atoms with van der Waals surface area (Å²) in [6.45, 7) is 1.09. The van der Waals surface area contributed by atoms with Crippen molar-refractivity contribution in [2.75, 3.05) is 17.6 Å². The predicted molar refractivity (Wildman–Crippen MR) is 108 cm³/mol. The third-order valence-corrected chi connectivity index (χ3v) is 4.55. The SMILES string of the molecule is NCCCCCCCc1nc(NCc2ccccc2Cl)nc(N)c1[N+](=O)[O-]. The van der Waals surface area contributed by atoms with Crippen LogP contribution in [0.15, 0.2) is 24.3 Å². The molecule has 0 amide bonds. The van der Waals surface area contributed by atoms with E-state index in [4.69, 9.17) is 23.1 Å². The van der Waals surface area contributed by atoms with E-state index >= 15 is 0 Å². The molecule has 0 bridgehead atoms. The fourth-order valence-electron chi connectivity index (χ4n) is 2.76. The van der Waals surface area contributed by atoms with Gasteiger partial charge in [0.25, 0.3) is 0 Å². The van der Waals surface area contributed by atoms with Gasteiger partial charge >= 0.3 is 5.69 Å². The third-order valence-electron chi connectivity index (χ3n) is 4.18. The summed E-state index contributed by atoms with van der Waals surface area (Å²) in [6, 6.07) is 7.40. The average Bonchev–Trinajstić information content (AvgIpc) is 2.63. The van der Waals surface area contributed by atoms with Gasteiger partial charge in [0, 0.05) is 11.6 Å². The first kappa shape index (κ1) is 20.9. The Morgan fingerprint density at radius 1 is 1.11 bits per heavy atom. The maximum absolute atomic E-state index is 11.3. The fraction of sp³-hybridized carbons (Fsp3) is 0.444. The van der Waals surface area contributed by atoms with Gasteiger partial charge in [-0.15, -0.1) is 0 Å². The number of nitrogens with zero attached hydrogens (tertiary/aromatic N) is 3. The van der Waals surface area contributed by atoms with Crippen molar-refractivity contribution in [2.45, 2.75) is 45.1 Å². The van der Waals surface area contributed by atoms with E-state index < -0.39 is 4.92 Å². The Balaban J connectivity index is 2.06. The van der Waals surface area contributed by atoms with E-state index in [1.807, 2.05) is 18.2 Å². The lowest BCUT2D eigenvalue weighted by atomic mass is 10.1. The molecule has 1 aromatic carbocycles. The molecule has 1 heterocycles. The minimum Gasteiger partial charge on any atom is -0.378 e. The highest BCUT2D eigenvalue weighted by Crippen LogP contribution is 2.26. The standard InChI is InChI=1S/C18H25ClN6O2/c19-14-9-6-5-8-13(14)12-22-18-23-15(10-4-2-1-3-7-11-20)16(25(26)27)17(21)24-18/h5-6,8-9H,1-4,7,10-12,20H2,(H3,21,22,23,24). The Morgan fingerprint density at radius 2 is 1.81 bits per heavy atom. The Labute approximate surface area is 163 Å². The van der Waals surface area contributed by atoms with E-state index in [1.165, 1.54) is 0 Å². The Bertz CT molecular complexity index is 772. The second kappa shape index (κ2) is 10.6. The summed E-state index contributed by atoms with van der Waals surface area (Å²) in [4.78, 5) is 19.2. The molecule has 1 aromatic heterocycles. The van der Waals surface area contributed by atoms with Crippen molar-refractivity contribution in [1.29, 1.82) is 0 Å². The van der Waals surface area contributed by atoms with E-state index in [9.17, 15) is 10.1 Å². The number of nitrogen functional groups attached to an aromatic ring is 1. The number of benzene rings is 1. The normalized spacial score (nSPS) is 10.7. The maximum atomic E-state index is 11.3. The van der Waals surface area contributed by atoms with Crippen molar-refractivity contribution in [3.8, 4) is 0 Å². The second-order valence-corrected chi connectivity index (χ2v) is 6.64. The molecular formula is C18H25ClN6O2. The van der Waals surface area contributed by atoms with Crippen LogP contribution in [-0.4, -0.2) is 21.4 Å². The van der Waals surface area contributed by atoms with Crippen LogP contribution in [0.5, 0.6) is 0 Å². The quantitative estimate of drug-likeness (QED) is 0.301. The number of nitrogens with two attached hydrogens (primary N) is 2. The summed E-state index contributed by atoms with van der Waals surface area (Å²) < 4.78 is 0. The van der Waals surface area contributed by atoms with Gasteiger partial charge in [-0.3, -0.25) is 10.1 Å². The van der Waals surface area contributed by atoms with Crippen LogP contribution in [0.1, 0.15) is 43.4 Å². The molecule has 146 valence electrons. The molecule has 27 heavy (non-hydrogen) atoms. The number of aryl methyl sites for hydroxylation is 1. The summed E-state index contributed by atoms with van der Waals surface area (Å²) >= 11 is 6.14. The van der Waals surface area contributed by atoms with Crippen molar-refractivity contribution in [2.24, 2.45) is 5.73 Å². The van der Waals surface area contributed by atoms with Crippen molar-refractivity contribution >= 4 is 29.1 Å². The summed E-state index contributed by atoms with van der Waals surface area (Å²) in [5, 5.41) is 15.0. The van der Waals surface area contributed by atoms with Crippen molar-refractivity contribution in [3.05, 3.63) is 50.7 Å². The minimum absolute atomic E-state index is 0.130. The molecule has 0 spiro atoms. The molecule has 0 aliphatic carbocycles. The number of unbranched alkanes of at least 4 members (excludes halogenated alkanes) is 4. The average molecular weight is 393 g/mol. The summed E-state index contributed by atoms with van der Waals surface area (Å²) in [6.07, 6.45) is 5.34. The maximum Gasteiger partial charge on any atom is 0.332 e. The molecule has 0 aliphatic heterocycles. The van der Waals surface area contributed by atoms with Gasteiger partial charge in [0.1, 0.15) is 5.69 Å². The molecule has 0 saturated carbocycles. The number of rotatable bonds is 11. The van der Waals surface area contributed by atoms with Crippen LogP contribution >= 0.6 is 11.6 Å². The predicted octanol–water partition coefficient (Wildman–Crippen LogP) is 3.68. The number of hydrogen-bond acceptors (Lipinski definition) is 7. The van der Waals surface area contributed by atoms with Crippen LogP contribution in [0.4, 0.5) is 17.5 Å². The second-order valence-electron chi connectivity index (χ2n) is 6.24. The van der Waals surface area contributed by atoms with Gasteiger partial charge in [0.2, 0.25) is 11.8 Å². The molecule has 0 atom stereocenters. The van der Waals surface area contributed by atoms with E-state index in [-0.39, 0.29) is 17.5 Å². The van der Waals surface area contributed by atoms with E-state index in [2.05, 4.69) is 15.3 Å². The van der Waals surface area contributed by atoms with Crippen LogP contribution in [0.25, 0.3) is 0 Å². The zero-order valence-corrected chi connectivity index (χ0v) is 15.9. The molecule has 0 saturated heterocycles. The van der Waals surface area contributed by atoms with Crippen LogP contribution in [0.3, 0.4) is 0 Å². The lowest BCUT2D eigenvalue weighted by molar-refractivity contribution is -0.385. The molecule has 0 unspecified atom stereocenters. The molecule has 2 rings (SSSR count). The molecule has 2 aromatic rings. The molecule has 8 nitrogen and oxygen atoms in total. The number of anilines is 2. The van der Waals surface area contributed by atoms with Gasteiger partial charge in [-0.1, -0.05) is 49.1 Å². The zero-order valence-electron chi connectivity index (χ0n) is 15.2. The highest BCUT2D eigenvalue weighted by molar-refractivity contribution is 6.31. The van der Waals surface area contributed by atoms with Crippen molar-refractivity contribution in [3.63, 3.8) is 0 Å². The first-order valence-electron chi connectivity index (χ1n) is 9.01. The third kappa shape index (κ3) is 6.33. The van der Waals surface area contributed by atoms with E-state index in [0.29, 0.717) is 30.2 Å². The Morgan fingerprint density at radius 3 is 2.52 bits per heavy atom. The Kier molecular flexibility index (Phi) is 8.22. The lowest BCUT2D eigenvalue weighted by Gasteiger charge is -2.10. The van der Waals surface area contributed by atoms with Gasteiger partial charge in [-0.25, -0.2) is 4.98 Å². The molecular weight excluding hydrogens is 368 g/mol. The zero-order chi connectivity index (χ0) is 19.6. The van der Waals surface area contributed by atoms with Gasteiger partial charge in [-0.2, -0.15) is 4.98 Å². The number of aromatic nitrogens is 2. The number of nitrogens with one attached hydrogen (secondary N) is 1. The van der Waals surface area contributed by atoms with Crippen molar-refractivity contribution in [1.82, 2.24) is 9.97 Å². The summed E-state index contributed by atoms with van der Waals surface area (Å²) in [5.41, 5.74) is 12.3. The Hall–Kier alpha value is -2.45. The highest BCUT2D eigenvalue weighted by Gasteiger charge is 2.22. The van der Waals surface area contributed by atoms with Crippen molar-refractivity contribution < 1.29 is 4.92 Å². The monoisotopic (exact) mass is 392 g/mol. The van der Waals surface area contributed by atoms with Crippen LogP contribution in [0, 0.1) is 10.1 Å². The van der Waals surface area contributed by atoms with Crippen LogP contribution < -0.4 is 16.8 Å². The van der Waals surface area contributed by atoms with Gasteiger partial charge < -0.3 is 16.8 Å². The molecule has 0 aliphatic rings. The first-order chi connectivity index (χ1) is 13.0. The number of nitro groups is 1. The molecule has 0 radical (unpaired) electrons. The summed E-state index contributed by atoms with van der Waals surface area (Å²) in [5.74, 6) is 0.131. The van der Waals surface area contributed by atoms with E-state index in [0.717, 1.165) is 37.7 Å². The summed E-state index contributed by atoms with van der Waals surface area (Å²) in [7, 11) is 0. The first-order valence-corrected chi connectivity index (χ1v) is 9.39. The van der Waals surface area contributed by atoms with Gasteiger partial charge in [-0.05, 0) is 37.4 Å². The van der Waals surface area contributed by atoms with Crippen LogP contribution in [-0.2, 0) is 13.0 Å². The van der Waals surface area contributed by atoms with Gasteiger partial charge in [0.15, 0.2) is 0 Å². The molecule has 9 heteroatoms. The number of hydrogen-bond donors (Lipinski definition) is 3. The topological polar surface area (TPSA) is 133 Å². The molecule has 0 fully saturated rings. The highest BCUT2D eigenvalue weighted by atomic mass is 35.5. The molecule has 5 N–H and O–H groups in total. The van der Waals surface area contributed by atoms with E-state index in [1.54, 1.807) is 6.07 Å².